The third-order valence-corrected chi connectivity index (χ3v) is 4.81. The molecule has 0 amide bonds. The quantitative estimate of drug-likeness (QED) is 0.553. The van der Waals surface area contributed by atoms with Gasteiger partial charge < -0.3 is 15.0 Å². The lowest BCUT2D eigenvalue weighted by atomic mass is 10.1. The highest BCUT2D eigenvalue weighted by atomic mass is 16.5. The molecular formula is C20H38N6O. The third kappa shape index (κ3) is 6.81. The lowest BCUT2D eigenvalue weighted by Gasteiger charge is -2.29. The first-order valence-corrected chi connectivity index (χ1v) is 10.2. The molecule has 1 fully saturated rings. The molecule has 1 unspecified atom stereocenters. The Bertz CT molecular complexity index is 591. The average Bonchev–Trinajstić information content (AvgIpc) is 3.00. The summed E-state index contributed by atoms with van der Waals surface area (Å²) in [5.74, 6) is 1.90. The molecule has 0 radical (unpaired) electrons. The topological polar surface area (TPSA) is 57.9 Å². The summed E-state index contributed by atoms with van der Waals surface area (Å²) in [6.45, 7) is 16.1. The second kappa shape index (κ2) is 10.7. The first-order valence-electron chi connectivity index (χ1n) is 10.2. The van der Waals surface area contributed by atoms with Crippen molar-refractivity contribution in [1.29, 1.82) is 0 Å². The van der Waals surface area contributed by atoms with Crippen LogP contribution in [-0.2, 0) is 18.3 Å². The van der Waals surface area contributed by atoms with Gasteiger partial charge in [-0.15, -0.1) is 0 Å². The van der Waals surface area contributed by atoms with Crippen molar-refractivity contribution in [3.8, 4) is 0 Å². The molecule has 0 bridgehead atoms. The van der Waals surface area contributed by atoms with Gasteiger partial charge in [-0.05, 0) is 18.8 Å². The molecule has 1 aromatic heterocycles. The van der Waals surface area contributed by atoms with E-state index in [9.17, 15) is 0 Å². The molecule has 1 aliphatic heterocycles. The number of ether oxygens (including phenoxy) is 1. The summed E-state index contributed by atoms with van der Waals surface area (Å²) >= 11 is 0. The zero-order valence-corrected chi connectivity index (χ0v) is 18.0. The van der Waals surface area contributed by atoms with Gasteiger partial charge in [0, 0.05) is 65.1 Å². The smallest absolute Gasteiger partial charge is 0.193 e. The Kier molecular flexibility index (Phi) is 8.57. The molecule has 7 heteroatoms. The summed E-state index contributed by atoms with van der Waals surface area (Å²) in [6.07, 6.45) is 2.12. The van der Waals surface area contributed by atoms with E-state index in [0.29, 0.717) is 11.8 Å². The highest BCUT2D eigenvalue weighted by Gasteiger charge is 2.16. The number of guanidine groups is 1. The van der Waals surface area contributed by atoms with Crippen molar-refractivity contribution < 1.29 is 4.74 Å². The first-order chi connectivity index (χ1) is 12.9. The van der Waals surface area contributed by atoms with Crippen LogP contribution in [0, 0.1) is 5.92 Å². The molecule has 0 saturated carbocycles. The van der Waals surface area contributed by atoms with Crippen molar-refractivity contribution in [2.24, 2.45) is 18.0 Å². The van der Waals surface area contributed by atoms with E-state index in [1.54, 1.807) is 0 Å². The van der Waals surface area contributed by atoms with E-state index in [1.807, 2.05) is 11.7 Å². The van der Waals surface area contributed by atoms with Crippen LogP contribution in [-0.4, -0.2) is 78.5 Å². The van der Waals surface area contributed by atoms with E-state index >= 15 is 0 Å². The Hall–Kier alpha value is -1.60. The van der Waals surface area contributed by atoms with Gasteiger partial charge in [0.25, 0.3) is 0 Å². The van der Waals surface area contributed by atoms with Gasteiger partial charge in [0.15, 0.2) is 5.96 Å². The lowest BCUT2D eigenvalue weighted by molar-refractivity contribution is 0.0323. The summed E-state index contributed by atoms with van der Waals surface area (Å²) in [5.41, 5.74) is 2.43. The van der Waals surface area contributed by atoms with Gasteiger partial charge in [-0.1, -0.05) is 20.8 Å². The molecule has 154 valence electrons. The minimum atomic E-state index is 0.419. The molecule has 1 aliphatic rings. The van der Waals surface area contributed by atoms with Crippen molar-refractivity contribution in [1.82, 2.24) is 24.9 Å². The Labute approximate surface area is 164 Å². The Balaban J connectivity index is 1.96. The fourth-order valence-corrected chi connectivity index (χ4v) is 3.49. The molecule has 7 nitrogen and oxygen atoms in total. The van der Waals surface area contributed by atoms with Crippen LogP contribution in [0.5, 0.6) is 0 Å². The number of aryl methyl sites for hydroxylation is 1. The fourth-order valence-electron chi connectivity index (χ4n) is 3.49. The minimum Gasteiger partial charge on any atom is -0.379 e. The van der Waals surface area contributed by atoms with Gasteiger partial charge in [0.05, 0.1) is 18.9 Å². The molecule has 1 atom stereocenters. The van der Waals surface area contributed by atoms with Gasteiger partial charge in [-0.2, -0.15) is 5.10 Å². The van der Waals surface area contributed by atoms with Gasteiger partial charge in [0.1, 0.15) is 0 Å². The number of aliphatic imine (C=N–C) groups is 1. The number of nitrogens with zero attached hydrogens (tertiary/aromatic N) is 5. The summed E-state index contributed by atoms with van der Waals surface area (Å²) in [7, 11) is 4.09. The SMILES string of the molecule is CCNC(=NCC(C)CN1CCOCC1)N(C)Cc1cn(C)nc1C(C)C. The van der Waals surface area contributed by atoms with Crippen LogP contribution in [0.15, 0.2) is 11.2 Å². The van der Waals surface area contributed by atoms with Crippen molar-refractivity contribution in [3.63, 3.8) is 0 Å². The van der Waals surface area contributed by atoms with Gasteiger partial charge >= 0.3 is 0 Å². The number of hydrogen-bond acceptors (Lipinski definition) is 4. The highest BCUT2D eigenvalue weighted by molar-refractivity contribution is 5.79. The molecule has 1 aromatic rings. The number of morpholine rings is 1. The number of aromatic nitrogens is 2. The Morgan fingerprint density at radius 1 is 1.33 bits per heavy atom. The van der Waals surface area contributed by atoms with Crippen LogP contribution >= 0.6 is 0 Å². The minimum absolute atomic E-state index is 0.419. The fraction of sp³-hybridized carbons (Fsp3) is 0.800. The summed E-state index contributed by atoms with van der Waals surface area (Å²) < 4.78 is 7.34. The molecular weight excluding hydrogens is 340 g/mol. The number of rotatable bonds is 8. The van der Waals surface area contributed by atoms with E-state index in [2.05, 4.69) is 61.2 Å². The molecule has 0 aromatic carbocycles. The molecule has 27 heavy (non-hydrogen) atoms. The van der Waals surface area contributed by atoms with E-state index in [4.69, 9.17) is 9.73 Å². The molecule has 2 heterocycles. The molecule has 2 rings (SSSR count). The predicted molar refractivity (Wildman–Crippen MR) is 111 cm³/mol. The van der Waals surface area contributed by atoms with Crippen LogP contribution in [0.25, 0.3) is 0 Å². The van der Waals surface area contributed by atoms with E-state index in [-0.39, 0.29) is 0 Å². The van der Waals surface area contributed by atoms with E-state index < -0.39 is 0 Å². The standard InChI is InChI=1S/C20H38N6O/c1-7-21-20(22-12-17(4)13-26-8-10-27-11-9-26)24(5)14-18-15-25(6)23-19(18)16(2)3/h15-17H,7-14H2,1-6H3,(H,21,22). The second-order valence-corrected chi connectivity index (χ2v) is 7.94. The van der Waals surface area contributed by atoms with Crippen LogP contribution in [0.3, 0.4) is 0 Å². The maximum Gasteiger partial charge on any atom is 0.193 e. The predicted octanol–water partition coefficient (Wildman–Crippen LogP) is 1.91. The summed E-state index contributed by atoms with van der Waals surface area (Å²) in [4.78, 5) is 9.58. The summed E-state index contributed by atoms with van der Waals surface area (Å²) in [6, 6.07) is 0. The summed E-state index contributed by atoms with van der Waals surface area (Å²) in [5, 5.41) is 8.05. The van der Waals surface area contributed by atoms with E-state index in [1.165, 1.54) is 11.3 Å². The van der Waals surface area contributed by atoms with Gasteiger partial charge in [0.2, 0.25) is 0 Å². The number of nitrogens with one attached hydrogen (secondary N) is 1. The second-order valence-electron chi connectivity index (χ2n) is 7.94. The lowest BCUT2D eigenvalue weighted by Crippen LogP contribution is -2.41. The maximum atomic E-state index is 5.43. The van der Waals surface area contributed by atoms with Crippen LogP contribution in [0.1, 0.15) is 44.9 Å². The van der Waals surface area contributed by atoms with Crippen LogP contribution < -0.4 is 5.32 Å². The zero-order chi connectivity index (χ0) is 19.8. The maximum absolute atomic E-state index is 5.43. The third-order valence-electron chi connectivity index (χ3n) is 4.81. The average molecular weight is 379 g/mol. The van der Waals surface area contributed by atoms with Crippen molar-refractivity contribution >= 4 is 5.96 Å². The molecule has 0 aliphatic carbocycles. The van der Waals surface area contributed by atoms with Crippen molar-refractivity contribution in [2.45, 2.75) is 40.2 Å². The molecule has 0 spiro atoms. The normalized spacial score (nSPS) is 17.4. The Morgan fingerprint density at radius 3 is 2.67 bits per heavy atom. The van der Waals surface area contributed by atoms with Crippen LogP contribution in [0.4, 0.5) is 0 Å². The zero-order valence-electron chi connectivity index (χ0n) is 18.0. The highest BCUT2D eigenvalue weighted by Crippen LogP contribution is 2.18. The first kappa shape index (κ1) is 21.7. The van der Waals surface area contributed by atoms with Crippen LogP contribution in [0.2, 0.25) is 0 Å². The van der Waals surface area contributed by atoms with Gasteiger partial charge in [-0.25, -0.2) is 0 Å². The number of hydrogen-bond donors (Lipinski definition) is 1. The van der Waals surface area contributed by atoms with Crippen molar-refractivity contribution in [3.05, 3.63) is 17.5 Å². The van der Waals surface area contributed by atoms with Gasteiger partial charge in [-0.3, -0.25) is 14.6 Å². The van der Waals surface area contributed by atoms with Crippen molar-refractivity contribution in [2.75, 3.05) is 53.0 Å². The van der Waals surface area contributed by atoms with E-state index in [0.717, 1.165) is 58.4 Å². The molecule has 1 saturated heterocycles. The molecule has 1 N–H and O–H groups in total. The largest absolute Gasteiger partial charge is 0.379 e. The monoisotopic (exact) mass is 378 g/mol. The Morgan fingerprint density at radius 2 is 2.04 bits per heavy atom.